The number of piperidine rings is 1. The molecule has 114 valence electrons. The summed E-state index contributed by atoms with van der Waals surface area (Å²) in [6, 6.07) is 12.2. The van der Waals surface area contributed by atoms with Crippen molar-refractivity contribution in [2.75, 3.05) is 13.1 Å². The summed E-state index contributed by atoms with van der Waals surface area (Å²) >= 11 is 0. The van der Waals surface area contributed by atoms with E-state index in [4.69, 9.17) is 5.26 Å². The fourth-order valence-electron chi connectivity index (χ4n) is 2.86. The van der Waals surface area contributed by atoms with Crippen LogP contribution in [0.4, 0.5) is 0 Å². The zero-order valence-corrected chi connectivity index (χ0v) is 13.2. The molecule has 0 N–H and O–H groups in total. The summed E-state index contributed by atoms with van der Waals surface area (Å²) in [7, 11) is -3.45. The summed E-state index contributed by atoms with van der Waals surface area (Å²) in [5.74, 6) is 0.529. The second-order valence-electron chi connectivity index (χ2n) is 5.60. The van der Waals surface area contributed by atoms with Gasteiger partial charge < -0.3 is 0 Å². The highest BCUT2D eigenvalue weighted by Crippen LogP contribution is 2.25. The van der Waals surface area contributed by atoms with Crippen LogP contribution in [0.5, 0.6) is 0 Å². The standard InChI is InChI=1S/C16H22N2O2S/c1-2-16(13-17)21(19,20)18-10-8-15(9-11-18)12-14-6-4-3-5-7-14/h3-7,15-16H,2,8-12H2,1H3. The Labute approximate surface area is 127 Å². The van der Waals surface area contributed by atoms with Gasteiger partial charge in [-0.3, -0.25) is 0 Å². The van der Waals surface area contributed by atoms with Gasteiger partial charge in [0, 0.05) is 13.1 Å². The van der Waals surface area contributed by atoms with E-state index >= 15 is 0 Å². The lowest BCUT2D eigenvalue weighted by molar-refractivity contribution is 0.271. The van der Waals surface area contributed by atoms with Crippen LogP contribution in [0.25, 0.3) is 0 Å². The van der Waals surface area contributed by atoms with E-state index < -0.39 is 15.3 Å². The van der Waals surface area contributed by atoms with E-state index in [0.29, 0.717) is 25.4 Å². The van der Waals surface area contributed by atoms with Gasteiger partial charge in [0.1, 0.15) is 0 Å². The third-order valence-electron chi connectivity index (χ3n) is 4.17. The first kappa shape index (κ1) is 16.0. The average Bonchev–Trinajstić information content (AvgIpc) is 2.50. The van der Waals surface area contributed by atoms with Crippen molar-refractivity contribution >= 4 is 10.0 Å². The molecule has 21 heavy (non-hydrogen) atoms. The second kappa shape index (κ2) is 7.06. The van der Waals surface area contributed by atoms with Gasteiger partial charge in [-0.2, -0.15) is 5.26 Å². The van der Waals surface area contributed by atoms with Crippen molar-refractivity contribution in [1.29, 1.82) is 5.26 Å². The Morgan fingerprint density at radius 1 is 1.29 bits per heavy atom. The Morgan fingerprint density at radius 2 is 1.90 bits per heavy atom. The number of benzene rings is 1. The topological polar surface area (TPSA) is 61.2 Å². The molecular formula is C16H22N2O2S. The smallest absolute Gasteiger partial charge is 0.211 e. The van der Waals surface area contributed by atoms with Gasteiger partial charge in [-0.1, -0.05) is 37.3 Å². The number of rotatable bonds is 5. The molecule has 1 aliphatic rings. The molecule has 0 amide bonds. The number of hydrogen-bond acceptors (Lipinski definition) is 3. The SMILES string of the molecule is CCC(C#N)S(=O)(=O)N1CCC(Cc2ccccc2)CC1. The van der Waals surface area contributed by atoms with E-state index in [-0.39, 0.29) is 0 Å². The van der Waals surface area contributed by atoms with Crippen molar-refractivity contribution in [1.82, 2.24) is 4.31 Å². The fourth-order valence-corrected chi connectivity index (χ4v) is 4.50. The molecule has 1 aliphatic heterocycles. The number of nitrogens with zero attached hydrogens (tertiary/aromatic N) is 2. The Bertz CT molecular complexity index is 584. The minimum Gasteiger partial charge on any atom is -0.211 e. The lowest BCUT2D eigenvalue weighted by Crippen LogP contribution is -2.43. The molecule has 0 aromatic heterocycles. The minimum atomic E-state index is -3.45. The third-order valence-corrected chi connectivity index (χ3v) is 6.42. The number of nitriles is 1. The van der Waals surface area contributed by atoms with Crippen molar-refractivity contribution in [2.24, 2.45) is 5.92 Å². The molecule has 1 aromatic rings. The first-order chi connectivity index (χ1) is 10.1. The molecule has 1 saturated heterocycles. The van der Waals surface area contributed by atoms with Crippen LogP contribution in [0.2, 0.25) is 0 Å². The quantitative estimate of drug-likeness (QED) is 0.840. The van der Waals surface area contributed by atoms with Crippen LogP contribution in [0, 0.1) is 17.2 Å². The summed E-state index contributed by atoms with van der Waals surface area (Å²) in [6.45, 7) is 2.82. The predicted octanol–water partition coefficient (Wildman–Crippen LogP) is 2.57. The average molecular weight is 306 g/mol. The largest absolute Gasteiger partial charge is 0.230 e. The number of hydrogen-bond donors (Lipinski definition) is 0. The summed E-state index contributed by atoms with van der Waals surface area (Å²) < 4.78 is 26.1. The van der Waals surface area contributed by atoms with Crippen LogP contribution in [0.15, 0.2) is 30.3 Å². The van der Waals surface area contributed by atoms with Crippen LogP contribution in [-0.4, -0.2) is 31.1 Å². The summed E-state index contributed by atoms with van der Waals surface area (Å²) in [4.78, 5) is 0. The highest BCUT2D eigenvalue weighted by Gasteiger charge is 2.33. The lowest BCUT2D eigenvalue weighted by Gasteiger charge is -2.32. The molecule has 0 aliphatic carbocycles. The van der Waals surface area contributed by atoms with Gasteiger partial charge in [-0.05, 0) is 37.2 Å². The van der Waals surface area contributed by atoms with Gasteiger partial charge in [0.2, 0.25) is 10.0 Å². The summed E-state index contributed by atoms with van der Waals surface area (Å²) in [5, 5.41) is 8.08. The molecule has 4 nitrogen and oxygen atoms in total. The maximum Gasteiger partial charge on any atom is 0.230 e. The van der Waals surface area contributed by atoms with Crippen molar-refractivity contribution in [3.63, 3.8) is 0 Å². The molecule has 1 unspecified atom stereocenters. The highest BCUT2D eigenvalue weighted by atomic mass is 32.2. The van der Waals surface area contributed by atoms with Gasteiger partial charge in [0.15, 0.2) is 5.25 Å². The first-order valence-corrected chi connectivity index (χ1v) is 9.00. The molecule has 5 heteroatoms. The Morgan fingerprint density at radius 3 is 2.43 bits per heavy atom. The summed E-state index contributed by atoms with van der Waals surface area (Å²) in [6.07, 6.45) is 3.10. The van der Waals surface area contributed by atoms with Crippen molar-refractivity contribution in [2.45, 2.75) is 37.9 Å². The fraction of sp³-hybridized carbons (Fsp3) is 0.562. The Balaban J connectivity index is 1.93. The Kier molecular flexibility index (Phi) is 5.38. The van der Waals surface area contributed by atoms with Crippen LogP contribution >= 0.6 is 0 Å². The van der Waals surface area contributed by atoms with Gasteiger partial charge in [-0.25, -0.2) is 12.7 Å². The second-order valence-corrected chi connectivity index (χ2v) is 7.72. The zero-order valence-electron chi connectivity index (χ0n) is 12.4. The van der Waals surface area contributed by atoms with Crippen molar-refractivity contribution in [3.05, 3.63) is 35.9 Å². The first-order valence-electron chi connectivity index (χ1n) is 7.50. The number of sulfonamides is 1. The van der Waals surface area contributed by atoms with Gasteiger partial charge >= 0.3 is 0 Å². The van der Waals surface area contributed by atoms with Gasteiger partial charge in [-0.15, -0.1) is 0 Å². The van der Waals surface area contributed by atoms with E-state index in [0.717, 1.165) is 19.3 Å². The molecule has 1 fully saturated rings. The van der Waals surface area contributed by atoms with E-state index in [1.54, 1.807) is 6.92 Å². The third kappa shape index (κ3) is 3.84. The molecule has 1 atom stereocenters. The predicted molar refractivity (Wildman–Crippen MR) is 83.1 cm³/mol. The van der Waals surface area contributed by atoms with Gasteiger partial charge in [0.05, 0.1) is 6.07 Å². The minimum absolute atomic E-state index is 0.350. The maximum atomic E-state index is 12.3. The summed E-state index contributed by atoms with van der Waals surface area (Å²) in [5.41, 5.74) is 1.31. The Hall–Kier alpha value is -1.38. The van der Waals surface area contributed by atoms with Crippen molar-refractivity contribution in [3.8, 4) is 6.07 Å². The molecule has 0 bridgehead atoms. The molecule has 0 spiro atoms. The van der Waals surface area contributed by atoms with Crippen LogP contribution < -0.4 is 0 Å². The van der Waals surface area contributed by atoms with E-state index in [9.17, 15) is 8.42 Å². The highest BCUT2D eigenvalue weighted by molar-refractivity contribution is 7.90. The zero-order chi connectivity index (χ0) is 15.3. The van der Waals surface area contributed by atoms with Crippen LogP contribution in [0.3, 0.4) is 0 Å². The van der Waals surface area contributed by atoms with Crippen LogP contribution in [-0.2, 0) is 16.4 Å². The lowest BCUT2D eigenvalue weighted by atomic mass is 9.91. The molecule has 1 heterocycles. The molecule has 2 rings (SSSR count). The normalized spacial score (nSPS) is 19.0. The van der Waals surface area contributed by atoms with E-state index in [2.05, 4.69) is 12.1 Å². The molecule has 1 aromatic carbocycles. The monoisotopic (exact) mass is 306 g/mol. The molecular weight excluding hydrogens is 284 g/mol. The molecule has 0 saturated carbocycles. The van der Waals surface area contributed by atoms with Crippen LogP contribution in [0.1, 0.15) is 31.7 Å². The van der Waals surface area contributed by atoms with Gasteiger partial charge in [0.25, 0.3) is 0 Å². The van der Waals surface area contributed by atoms with E-state index in [1.165, 1.54) is 9.87 Å². The van der Waals surface area contributed by atoms with Crippen molar-refractivity contribution < 1.29 is 8.42 Å². The molecule has 0 radical (unpaired) electrons. The maximum absolute atomic E-state index is 12.3. The van der Waals surface area contributed by atoms with E-state index in [1.807, 2.05) is 24.3 Å².